The lowest BCUT2D eigenvalue weighted by Gasteiger charge is -2.19. The van der Waals surface area contributed by atoms with Gasteiger partial charge in [-0.05, 0) is 55.5 Å². The first-order valence-electron chi connectivity index (χ1n) is 11.4. The van der Waals surface area contributed by atoms with Crippen molar-refractivity contribution in [2.45, 2.75) is 46.1 Å². The normalized spacial score (nSPS) is 12.9. The van der Waals surface area contributed by atoms with Crippen molar-refractivity contribution in [3.8, 4) is 5.75 Å². The number of esters is 1. The molecule has 0 fully saturated rings. The van der Waals surface area contributed by atoms with Crippen LogP contribution in [0.25, 0.3) is 11.0 Å². The van der Waals surface area contributed by atoms with Crippen molar-refractivity contribution in [1.29, 1.82) is 0 Å². The third-order valence-corrected chi connectivity index (χ3v) is 5.52. The first kappa shape index (κ1) is 25.0. The highest BCUT2D eigenvalue weighted by Crippen LogP contribution is 2.21. The maximum atomic E-state index is 12.7. The number of hydrogen-bond donors (Lipinski definition) is 1. The Morgan fingerprint density at radius 2 is 1.71 bits per heavy atom. The maximum Gasteiger partial charge on any atom is 0.351 e. The number of ether oxygens (including phenoxy) is 2. The number of hydrogen-bond acceptors (Lipinski definition) is 6. The van der Waals surface area contributed by atoms with Gasteiger partial charge in [0.1, 0.15) is 23.5 Å². The molecule has 3 aromatic rings. The van der Waals surface area contributed by atoms with Gasteiger partial charge in [0.15, 0.2) is 0 Å². The Kier molecular flexibility index (Phi) is 8.10. The topological polar surface area (TPSA) is 94.8 Å². The molecule has 34 heavy (non-hydrogen) atoms. The molecular weight excluding hydrogens is 434 g/mol. The second-order valence-corrected chi connectivity index (χ2v) is 8.92. The summed E-state index contributed by atoms with van der Waals surface area (Å²) in [5.74, 6) is -0.0388. The van der Waals surface area contributed by atoms with Crippen LogP contribution in [0.4, 0.5) is 0 Å². The standard InChI is InChI=1S/C27H31NO6/c1-16(2)12-19-6-8-20(9-7-19)18(4)25(29)28-17(3)15-33-22-11-10-21-13-23(26(30)32-5)27(31)34-24(21)14-22/h6-11,13-14,16-18H,12,15H2,1-5H3,(H,28,29)/t17-,18?/m0/s1. The molecule has 1 N–H and O–H groups in total. The predicted octanol–water partition coefficient (Wildman–Crippen LogP) is 4.47. The largest absolute Gasteiger partial charge is 0.491 e. The number of fused-ring (bicyclic) bond motifs is 1. The molecule has 0 aliphatic heterocycles. The number of amides is 1. The predicted molar refractivity (Wildman–Crippen MR) is 130 cm³/mol. The van der Waals surface area contributed by atoms with Crippen molar-refractivity contribution in [1.82, 2.24) is 5.32 Å². The maximum absolute atomic E-state index is 12.7. The Morgan fingerprint density at radius 3 is 2.35 bits per heavy atom. The minimum Gasteiger partial charge on any atom is -0.491 e. The highest BCUT2D eigenvalue weighted by Gasteiger charge is 2.18. The minimum atomic E-state index is -0.775. The van der Waals surface area contributed by atoms with Crippen LogP contribution in [0.15, 0.2) is 57.7 Å². The van der Waals surface area contributed by atoms with E-state index in [-0.39, 0.29) is 30.0 Å². The SMILES string of the molecule is COC(=O)c1cc2ccc(OC[C@H](C)NC(=O)C(C)c3ccc(CC(C)C)cc3)cc2oc1=O. The van der Waals surface area contributed by atoms with Gasteiger partial charge in [-0.3, -0.25) is 4.79 Å². The van der Waals surface area contributed by atoms with E-state index in [9.17, 15) is 14.4 Å². The highest BCUT2D eigenvalue weighted by molar-refractivity contribution is 5.93. The fourth-order valence-corrected chi connectivity index (χ4v) is 3.63. The number of benzene rings is 2. The van der Waals surface area contributed by atoms with Gasteiger partial charge in [-0.1, -0.05) is 38.1 Å². The zero-order chi connectivity index (χ0) is 24.8. The van der Waals surface area contributed by atoms with Crippen molar-refractivity contribution < 1.29 is 23.5 Å². The minimum absolute atomic E-state index is 0.0763. The van der Waals surface area contributed by atoms with Gasteiger partial charge in [-0.25, -0.2) is 9.59 Å². The van der Waals surface area contributed by atoms with Crippen LogP contribution >= 0.6 is 0 Å². The van der Waals surface area contributed by atoms with Gasteiger partial charge in [0.25, 0.3) is 0 Å². The van der Waals surface area contributed by atoms with Crippen LogP contribution < -0.4 is 15.7 Å². The van der Waals surface area contributed by atoms with Crippen LogP contribution in [0.2, 0.25) is 0 Å². The molecular formula is C27H31NO6. The first-order valence-corrected chi connectivity index (χ1v) is 11.4. The molecule has 7 nitrogen and oxygen atoms in total. The van der Waals surface area contributed by atoms with E-state index in [2.05, 4.69) is 36.0 Å². The molecule has 1 amide bonds. The van der Waals surface area contributed by atoms with Gasteiger partial charge in [0, 0.05) is 11.5 Å². The molecule has 1 unspecified atom stereocenters. The lowest BCUT2D eigenvalue weighted by molar-refractivity contribution is -0.123. The second-order valence-electron chi connectivity index (χ2n) is 8.92. The van der Waals surface area contributed by atoms with E-state index < -0.39 is 11.6 Å². The van der Waals surface area contributed by atoms with Gasteiger partial charge in [-0.15, -0.1) is 0 Å². The molecule has 0 saturated carbocycles. The van der Waals surface area contributed by atoms with E-state index >= 15 is 0 Å². The smallest absolute Gasteiger partial charge is 0.351 e. The van der Waals surface area contributed by atoms with E-state index in [1.165, 1.54) is 18.7 Å². The second kappa shape index (κ2) is 11.0. The van der Waals surface area contributed by atoms with Gasteiger partial charge in [-0.2, -0.15) is 0 Å². The van der Waals surface area contributed by atoms with Gasteiger partial charge >= 0.3 is 11.6 Å². The van der Waals surface area contributed by atoms with Crippen LogP contribution in [-0.4, -0.2) is 31.6 Å². The third kappa shape index (κ3) is 6.25. The summed E-state index contributed by atoms with van der Waals surface area (Å²) in [6.07, 6.45) is 1.01. The van der Waals surface area contributed by atoms with Gasteiger partial charge in [0.05, 0.1) is 19.1 Å². The summed E-state index contributed by atoms with van der Waals surface area (Å²) in [5, 5.41) is 3.55. The molecule has 1 aromatic heterocycles. The average Bonchev–Trinajstić information content (AvgIpc) is 2.81. The van der Waals surface area contributed by atoms with Crippen LogP contribution in [-0.2, 0) is 16.0 Å². The van der Waals surface area contributed by atoms with E-state index in [0.717, 1.165) is 12.0 Å². The molecule has 0 radical (unpaired) electrons. The molecule has 1 heterocycles. The van der Waals surface area contributed by atoms with Gasteiger partial charge in [0.2, 0.25) is 5.91 Å². The Balaban J connectivity index is 1.58. The van der Waals surface area contributed by atoms with E-state index in [1.807, 2.05) is 26.0 Å². The molecule has 7 heteroatoms. The van der Waals surface area contributed by atoms with Gasteiger partial charge < -0.3 is 19.2 Å². The highest BCUT2D eigenvalue weighted by atomic mass is 16.5. The summed E-state index contributed by atoms with van der Waals surface area (Å²) in [7, 11) is 1.20. The number of methoxy groups -OCH3 is 1. The fourth-order valence-electron chi connectivity index (χ4n) is 3.63. The summed E-state index contributed by atoms with van der Waals surface area (Å²) in [4.78, 5) is 36.4. The average molecular weight is 466 g/mol. The Morgan fingerprint density at radius 1 is 1.00 bits per heavy atom. The van der Waals surface area contributed by atoms with Crippen molar-refractivity contribution in [3.63, 3.8) is 0 Å². The lowest BCUT2D eigenvalue weighted by atomic mass is 9.96. The fraction of sp³-hybridized carbons (Fsp3) is 0.370. The molecule has 180 valence electrons. The Labute approximate surface area is 199 Å². The number of nitrogens with one attached hydrogen (secondary N) is 1. The molecule has 2 aromatic carbocycles. The summed E-state index contributed by atoms with van der Waals surface area (Å²) in [6, 6.07) is 14.3. The molecule has 0 saturated heterocycles. The molecule has 0 spiro atoms. The summed E-state index contributed by atoms with van der Waals surface area (Å²) in [5.41, 5.74) is 1.59. The number of rotatable bonds is 9. The lowest BCUT2D eigenvalue weighted by Crippen LogP contribution is -2.39. The molecule has 0 aliphatic rings. The van der Waals surface area contributed by atoms with E-state index in [0.29, 0.717) is 22.6 Å². The van der Waals surface area contributed by atoms with Crippen molar-refractivity contribution in [2.24, 2.45) is 5.92 Å². The van der Waals surface area contributed by atoms with E-state index in [1.54, 1.807) is 18.2 Å². The number of carbonyl (C=O) groups excluding carboxylic acids is 2. The zero-order valence-corrected chi connectivity index (χ0v) is 20.2. The number of carbonyl (C=O) groups is 2. The van der Waals surface area contributed by atoms with Crippen molar-refractivity contribution in [2.75, 3.05) is 13.7 Å². The summed E-state index contributed by atoms with van der Waals surface area (Å²) in [6.45, 7) is 8.35. The molecule has 3 rings (SSSR count). The summed E-state index contributed by atoms with van der Waals surface area (Å²) >= 11 is 0. The third-order valence-electron chi connectivity index (χ3n) is 5.52. The van der Waals surface area contributed by atoms with Crippen molar-refractivity contribution >= 4 is 22.8 Å². The van der Waals surface area contributed by atoms with Crippen LogP contribution in [0, 0.1) is 5.92 Å². The van der Waals surface area contributed by atoms with Crippen LogP contribution in [0.3, 0.4) is 0 Å². The summed E-state index contributed by atoms with van der Waals surface area (Å²) < 4.78 is 15.6. The van der Waals surface area contributed by atoms with E-state index in [4.69, 9.17) is 9.15 Å². The van der Waals surface area contributed by atoms with Crippen LogP contribution in [0.5, 0.6) is 5.75 Å². The monoisotopic (exact) mass is 465 g/mol. The van der Waals surface area contributed by atoms with Crippen LogP contribution in [0.1, 0.15) is 55.1 Å². The zero-order valence-electron chi connectivity index (χ0n) is 20.2. The Bertz CT molecular complexity index is 1210. The quantitative estimate of drug-likeness (QED) is 0.370. The van der Waals surface area contributed by atoms with Crippen molar-refractivity contribution in [3.05, 3.63) is 75.6 Å². The molecule has 0 aliphatic carbocycles. The molecule has 0 bridgehead atoms. The Hall–Kier alpha value is -3.61. The first-order chi connectivity index (χ1) is 16.2. The molecule has 2 atom stereocenters.